The number of hydrogen-bond acceptors (Lipinski definition) is 6. The number of fused-ring (bicyclic) bond motifs is 1. The maximum Gasteiger partial charge on any atom is 0.259 e. The molecule has 1 aliphatic carbocycles. The minimum Gasteiger partial charge on any atom is -0.335 e. The van der Waals surface area contributed by atoms with E-state index in [1.807, 2.05) is 30.9 Å². The lowest BCUT2D eigenvalue weighted by Gasteiger charge is -2.15. The average Bonchev–Trinajstić information content (AvgIpc) is 3.50. The van der Waals surface area contributed by atoms with Crippen molar-refractivity contribution in [1.82, 2.24) is 29.7 Å². The highest BCUT2D eigenvalue weighted by Gasteiger charge is 2.24. The molecule has 0 atom stereocenters. The van der Waals surface area contributed by atoms with E-state index in [9.17, 15) is 4.79 Å². The number of carbonyl (C=O) groups excluding carboxylic acids is 1. The zero-order valence-electron chi connectivity index (χ0n) is 17.2. The van der Waals surface area contributed by atoms with Gasteiger partial charge in [0, 0.05) is 24.9 Å². The van der Waals surface area contributed by atoms with Crippen LogP contribution in [0, 0.1) is 13.8 Å². The molecule has 1 aliphatic rings. The summed E-state index contributed by atoms with van der Waals surface area (Å²) in [5.74, 6) is 0.476. The van der Waals surface area contributed by atoms with Gasteiger partial charge in [0.1, 0.15) is 5.82 Å². The van der Waals surface area contributed by atoms with E-state index >= 15 is 0 Å². The fourth-order valence-corrected chi connectivity index (χ4v) is 4.20. The Morgan fingerprint density at radius 1 is 1.23 bits per heavy atom. The summed E-state index contributed by atoms with van der Waals surface area (Å²) < 4.78 is 9.03. The van der Waals surface area contributed by atoms with Crippen LogP contribution in [-0.2, 0) is 7.05 Å². The van der Waals surface area contributed by atoms with Crippen LogP contribution in [0.3, 0.4) is 0 Å². The van der Waals surface area contributed by atoms with Gasteiger partial charge in [0.25, 0.3) is 11.6 Å². The number of aromatic nitrogens is 6. The minimum absolute atomic E-state index is 0.238. The van der Waals surface area contributed by atoms with Crippen LogP contribution in [0.1, 0.15) is 53.5 Å². The van der Waals surface area contributed by atoms with Crippen LogP contribution < -0.4 is 5.32 Å². The Kier molecular flexibility index (Phi) is 4.38. The fraction of sp³-hybridized carbons (Fsp3) is 0.381. The molecule has 154 valence electrons. The van der Waals surface area contributed by atoms with Gasteiger partial charge in [-0.15, -0.1) is 0 Å². The molecule has 1 amide bonds. The number of hydrogen-bond donors (Lipinski definition) is 1. The lowest BCUT2D eigenvalue weighted by Crippen LogP contribution is -2.18. The van der Waals surface area contributed by atoms with Crippen LogP contribution in [0.25, 0.3) is 22.4 Å². The van der Waals surface area contributed by atoms with Crippen LogP contribution in [0.15, 0.2) is 29.0 Å². The molecule has 9 nitrogen and oxygen atoms in total. The van der Waals surface area contributed by atoms with Gasteiger partial charge < -0.3 is 9.84 Å². The number of rotatable bonds is 4. The van der Waals surface area contributed by atoms with Crippen LogP contribution in [0.4, 0.5) is 5.82 Å². The number of aryl methyl sites for hydroxylation is 3. The normalized spacial score (nSPS) is 14.6. The molecule has 0 radical (unpaired) electrons. The number of nitrogens with one attached hydrogen (secondary N) is 1. The second-order valence-corrected chi connectivity index (χ2v) is 7.91. The molecule has 9 heteroatoms. The maximum atomic E-state index is 13.4. The van der Waals surface area contributed by atoms with Gasteiger partial charge in [-0.05, 0) is 32.8 Å². The van der Waals surface area contributed by atoms with Crippen molar-refractivity contribution >= 4 is 22.8 Å². The van der Waals surface area contributed by atoms with E-state index in [4.69, 9.17) is 4.52 Å². The summed E-state index contributed by atoms with van der Waals surface area (Å²) in [6.07, 6.45) is 8.10. The summed E-state index contributed by atoms with van der Waals surface area (Å²) in [6, 6.07) is 4.01. The van der Waals surface area contributed by atoms with Crippen molar-refractivity contribution in [2.24, 2.45) is 7.05 Å². The molecule has 0 aromatic carbocycles. The Morgan fingerprint density at radius 2 is 2.03 bits per heavy atom. The summed E-state index contributed by atoms with van der Waals surface area (Å²) in [7, 11) is 1.83. The molecule has 4 aromatic rings. The summed E-state index contributed by atoms with van der Waals surface area (Å²) in [5, 5.41) is 16.5. The van der Waals surface area contributed by atoms with Crippen LogP contribution in [0.5, 0.6) is 0 Å². The Balaban J connectivity index is 1.56. The molecule has 5 rings (SSSR count). The number of amides is 1. The maximum absolute atomic E-state index is 13.4. The van der Waals surface area contributed by atoms with E-state index in [1.165, 1.54) is 12.8 Å². The molecule has 4 aromatic heterocycles. The van der Waals surface area contributed by atoms with Gasteiger partial charge in [-0.3, -0.25) is 9.48 Å². The van der Waals surface area contributed by atoms with E-state index in [2.05, 4.69) is 25.7 Å². The highest BCUT2D eigenvalue weighted by Crippen LogP contribution is 2.33. The summed E-state index contributed by atoms with van der Waals surface area (Å²) in [4.78, 5) is 17.9. The standard InChI is InChI=1S/C21H23N7O2/c1-12-8-18(28(25-12)15-6-4-5-7-15)24-20(29)16-9-17(14-10-22-27(3)11-14)23-21-19(16)13(2)26-30-21/h8-11,15H,4-7H2,1-3H3,(H,24,29). The van der Waals surface area contributed by atoms with Crippen molar-refractivity contribution in [1.29, 1.82) is 0 Å². The van der Waals surface area contributed by atoms with Gasteiger partial charge in [0.15, 0.2) is 0 Å². The molecular formula is C21H23N7O2. The third-order valence-corrected chi connectivity index (χ3v) is 5.63. The number of pyridine rings is 1. The molecule has 0 aliphatic heterocycles. The number of anilines is 1. The van der Waals surface area contributed by atoms with Crippen LogP contribution in [0.2, 0.25) is 0 Å². The van der Waals surface area contributed by atoms with Crippen molar-refractivity contribution in [2.45, 2.75) is 45.6 Å². The molecule has 1 N–H and O–H groups in total. The highest BCUT2D eigenvalue weighted by molar-refractivity contribution is 6.12. The first-order chi connectivity index (χ1) is 14.5. The number of carbonyl (C=O) groups is 1. The molecule has 1 fully saturated rings. The summed E-state index contributed by atoms with van der Waals surface area (Å²) >= 11 is 0. The monoisotopic (exact) mass is 405 g/mol. The molecular weight excluding hydrogens is 382 g/mol. The van der Waals surface area contributed by atoms with Crippen molar-refractivity contribution < 1.29 is 9.32 Å². The second-order valence-electron chi connectivity index (χ2n) is 7.91. The zero-order chi connectivity index (χ0) is 20.8. The molecule has 0 bridgehead atoms. The van der Waals surface area contributed by atoms with Crippen molar-refractivity contribution in [2.75, 3.05) is 5.32 Å². The molecule has 0 unspecified atom stereocenters. The smallest absolute Gasteiger partial charge is 0.259 e. The Bertz CT molecular complexity index is 1240. The molecule has 4 heterocycles. The molecule has 0 spiro atoms. The van der Waals surface area contributed by atoms with Gasteiger partial charge in [0.05, 0.1) is 40.3 Å². The first kappa shape index (κ1) is 18.5. The average molecular weight is 405 g/mol. The Labute approximate surface area is 173 Å². The summed E-state index contributed by atoms with van der Waals surface area (Å²) in [6.45, 7) is 3.75. The van der Waals surface area contributed by atoms with Gasteiger partial charge in [-0.1, -0.05) is 18.0 Å². The molecule has 0 saturated heterocycles. The van der Waals surface area contributed by atoms with Crippen LogP contribution in [-0.4, -0.2) is 35.6 Å². The highest BCUT2D eigenvalue weighted by atomic mass is 16.5. The lowest BCUT2D eigenvalue weighted by molar-refractivity contribution is 0.102. The Morgan fingerprint density at radius 3 is 2.77 bits per heavy atom. The first-order valence-corrected chi connectivity index (χ1v) is 10.1. The predicted octanol–water partition coefficient (Wildman–Crippen LogP) is 3.80. The van der Waals surface area contributed by atoms with Gasteiger partial charge in [0.2, 0.25) is 0 Å². The van der Waals surface area contributed by atoms with E-state index < -0.39 is 0 Å². The Hall–Kier alpha value is -3.49. The van der Waals surface area contributed by atoms with Crippen molar-refractivity contribution in [3.63, 3.8) is 0 Å². The minimum atomic E-state index is -0.238. The molecule has 30 heavy (non-hydrogen) atoms. The van der Waals surface area contributed by atoms with E-state index in [-0.39, 0.29) is 5.91 Å². The van der Waals surface area contributed by atoms with Gasteiger partial charge >= 0.3 is 0 Å². The topological polar surface area (TPSA) is 104 Å². The first-order valence-electron chi connectivity index (χ1n) is 10.1. The van der Waals surface area contributed by atoms with Gasteiger partial charge in [-0.2, -0.15) is 10.2 Å². The third-order valence-electron chi connectivity index (χ3n) is 5.63. The lowest BCUT2D eigenvalue weighted by atomic mass is 10.1. The second kappa shape index (κ2) is 7.08. The third kappa shape index (κ3) is 3.16. The summed E-state index contributed by atoms with van der Waals surface area (Å²) in [5.41, 5.74) is 3.72. The van der Waals surface area contributed by atoms with E-state index in [1.54, 1.807) is 23.9 Å². The van der Waals surface area contributed by atoms with Gasteiger partial charge in [-0.25, -0.2) is 9.67 Å². The number of nitrogens with zero attached hydrogens (tertiary/aromatic N) is 6. The fourth-order valence-electron chi connectivity index (χ4n) is 4.20. The largest absolute Gasteiger partial charge is 0.335 e. The van der Waals surface area contributed by atoms with Crippen molar-refractivity contribution in [3.8, 4) is 11.3 Å². The van der Waals surface area contributed by atoms with Crippen molar-refractivity contribution in [3.05, 3.63) is 41.5 Å². The SMILES string of the molecule is Cc1cc(NC(=O)c2cc(-c3cnn(C)c3)nc3onc(C)c23)n(C2CCCC2)n1. The van der Waals surface area contributed by atoms with Crippen LogP contribution >= 0.6 is 0 Å². The van der Waals surface area contributed by atoms with E-state index in [0.29, 0.717) is 39.9 Å². The predicted molar refractivity (Wildman–Crippen MR) is 111 cm³/mol. The van der Waals surface area contributed by atoms with E-state index in [0.717, 1.165) is 24.1 Å². The quantitative estimate of drug-likeness (QED) is 0.554. The molecule has 1 saturated carbocycles. The zero-order valence-corrected chi connectivity index (χ0v) is 17.2.